The predicted octanol–water partition coefficient (Wildman–Crippen LogP) is 3.17. The predicted molar refractivity (Wildman–Crippen MR) is 141 cm³/mol. The van der Waals surface area contributed by atoms with Gasteiger partial charge in [0.05, 0.1) is 30.6 Å². The highest BCUT2D eigenvalue weighted by Gasteiger charge is 2.27. The summed E-state index contributed by atoms with van der Waals surface area (Å²) in [5, 5.41) is 4.83. The summed E-state index contributed by atoms with van der Waals surface area (Å²) in [7, 11) is 0. The summed E-state index contributed by atoms with van der Waals surface area (Å²) < 4.78 is 5.58. The lowest BCUT2D eigenvalue weighted by Gasteiger charge is -2.37. The highest BCUT2D eigenvalue weighted by Crippen LogP contribution is 2.35. The van der Waals surface area contributed by atoms with E-state index in [9.17, 15) is 4.79 Å². The second kappa shape index (κ2) is 10.6. The van der Waals surface area contributed by atoms with Gasteiger partial charge < -0.3 is 20.7 Å². The van der Waals surface area contributed by atoms with Crippen LogP contribution in [0.4, 0.5) is 17.1 Å². The van der Waals surface area contributed by atoms with Crippen molar-refractivity contribution in [1.82, 2.24) is 15.0 Å². The third-order valence-corrected chi connectivity index (χ3v) is 6.35. The minimum Gasteiger partial charge on any atom is -0.377 e. The number of hydrogen-bond donors (Lipinski definition) is 3. The Labute approximate surface area is 210 Å². The van der Waals surface area contributed by atoms with Crippen LogP contribution in [0.3, 0.4) is 0 Å². The fourth-order valence-corrected chi connectivity index (χ4v) is 4.54. The van der Waals surface area contributed by atoms with Gasteiger partial charge >= 0.3 is 0 Å². The molecule has 4 N–H and O–H groups in total. The minimum absolute atomic E-state index is 0.178. The number of hydrazine groups is 1. The first-order chi connectivity index (χ1) is 17.7. The first kappa shape index (κ1) is 23.5. The molecule has 9 nitrogen and oxygen atoms in total. The molecule has 1 saturated heterocycles. The summed E-state index contributed by atoms with van der Waals surface area (Å²) in [4.78, 5) is 23.0. The van der Waals surface area contributed by atoms with E-state index in [0.717, 1.165) is 34.7 Å². The van der Waals surface area contributed by atoms with E-state index in [1.54, 1.807) is 18.5 Å². The van der Waals surface area contributed by atoms with E-state index in [1.807, 2.05) is 35.6 Å². The molecule has 1 aromatic carbocycles. The van der Waals surface area contributed by atoms with Gasteiger partial charge in [0, 0.05) is 54.8 Å². The molecule has 36 heavy (non-hydrogen) atoms. The van der Waals surface area contributed by atoms with Crippen LogP contribution in [0.1, 0.15) is 22.9 Å². The lowest BCUT2D eigenvalue weighted by atomic mass is 9.96. The average molecular weight is 484 g/mol. The normalized spacial score (nSPS) is 18.9. The third-order valence-electron chi connectivity index (χ3n) is 6.35. The summed E-state index contributed by atoms with van der Waals surface area (Å²) in [6.07, 6.45) is 10.5. The van der Waals surface area contributed by atoms with Gasteiger partial charge in [-0.1, -0.05) is 6.58 Å². The van der Waals surface area contributed by atoms with Crippen LogP contribution in [-0.2, 0) is 9.53 Å². The molecule has 2 aliphatic rings. The molecule has 184 valence electrons. The second-order valence-electron chi connectivity index (χ2n) is 8.61. The van der Waals surface area contributed by atoms with Crippen LogP contribution < -0.4 is 21.4 Å². The van der Waals surface area contributed by atoms with E-state index in [2.05, 4.69) is 56.5 Å². The molecule has 0 spiro atoms. The quantitative estimate of drug-likeness (QED) is 0.440. The molecule has 3 aromatic rings. The molecule has 0 bridgehead atoms. The van der Waals surface area contributed by atoms with Crippen molar-refractivity contribution in [2.24, 2.45) is 5.73 Å². The van der Waals surface area contributed by atoms with Gasteiger partial charge in [-0.15, -0.1) is 0 Å². The summed E-state index contributed by atoms with van der Waals surface area (Å²) in [6.45, 7) is 6.24. The zero-order valence-electron chi connectivity index (χ0n) is 19.9. The molecule has 2 aliphatic heterocycles. The van der Waals surface area contributed by atoms with Crippen molar-refractivity contribution < 1.29 is 9.53 Å². The van der Waals surface area contributed by atoms with E-state index in [1.165, 1.54) is 6.08 Å². The number of hydrogen-bond acceptors (Lipinski definition) is 8. The third kappa shape index (κ3) is 4.93. The number of nitrogens with two attached hydrogens (primary N) is 1. The van der Waals surface area contributed by atoms with Crippen LogP contribution in [0, 0.1) is 0 Å². The monoisotopic (exact) mass is 483 g/mol. The van der Waals surface area contributed by atoms with E-state index in [-0.39, 0.29) is 18.0 Å². The lowest BCUT2D eigenvalue weighted by molar-refractivity contribution is -0.111. The number of carbonyl (C=O) groups is 1. The number of ether oxygens (including phenoxy) is 1. The highest BCUT2D eigenvalue weighted by atomic mass is 16.5. The zero-order valence-corrected chi connectivity index (χ0v) is 19.9. The largest absolute Gasteiger partial charge is 0.377 e. The molecule has 2 aromatic heterocycles. The Hall–Kier alpha value is -4.21. The Balaban J connectivity index is 1.42. The number of nitrogens with one attached hydrogen (secondary N) is 2. The van der Waals surface area contributed by atoms with Crippen LogP contribution in [0.5, 0.6) is 0 Å². The number of benzene rings is 1. The molecule has 0 saturated carbocycles. The Morgan fingerprint density at radius 2 is 2.06 bits per heavy atom. The Bertz CT molecular complexity index is 1260. The van der Waals surface area contributed by atoms with Crippen LogP contribution in [0.25, 0.3) is 6.08 Å². The minimum atomic E-state index is -0.271. The van der Waals surface area contributed by atoms with Crippen LogP contribution in [0.15, 0.2) is 79.9 Å². The first-order valence-electron chi connectivity index (χ1n) is 11.9. The molecule has 0 radical (unpaired) electrons. The second-order valence-corrected chi connectivity index (χ2v) is 8.61. The standard InChI is InChI=1S/C27H29N7O2/c1-2-26(35)31-21-7-11-30-25(15-21)27-24-8-10-29-17-19(24)9-12-34(27)32-20-3-5-22(6-4-20)33-13-14-36-18-23(33)16-28/h2-12,15,17,23,27,32H,1,13-14,16,18,28H2,(H,30,31,35)/t23?,27-/m0/s1. The van der Waals surface area contributed by atoms with Crippen molar-refractivity contribution in [3.63, 3.8) is 0 Å². The molecule has 9 heteroatoms. The zero-order chi connectivity index (χ0) is 24.9. The summed E-state index contributed by atoms with van der Waals surface area (Å²) >= 11 is 0. The van der Waals surface area contributed by atoms with Gasteiger partial charge in [-0.05, 0) is 60.2 Å². The molecule has 1 unspecified atom stereocenters. The number of anilines is 3. The van der Waals surface area contributed by atoms with Crippen molar-refractivity contribution >= 4 is 29.0 Å². The van der Waals surface area contributed by atoms with Crippen LogP contribution >= 0.6 is 0 Å². The van der Waals surface area contributed by atoms with Crippen molar-refractivity contribution in [1.29, 1.82) is 0 Å². The van der Waals surface area contributed by atoms with Crippen molar-refractivity contribution in [2.45, 2.75) is 12.1 Å². The van der Waals surface area contributed by atoms with E-state index in [4.69, 9.17) is 10.5 Å². The number of aromatic nitrogens is 2. The van der Waals surface area contributed by atoms with Gasteiger partial charge in [0.15, 0.2) is 0 Å². The Morgan fingerprint density at radius 3 is 2.86 bits per heavy atom. The fraction of sp³-hybridized carbons (Fsp3) is 0.222. The van der Waals surface area contributed by atoms with Gasteiger partial charge in [-0.25, -0.2) is 0 Å². The molecular formula is C27H29N7O2. The van der Waals surface area contributed by atoms with E-state index in [0.29, 0.717) is 25.4 Å². The van der Waals surface area contributed by atoms with E-state index < -0.39 is 0 Å². The van der Waals surface area contributed by atoms with Gasteiger partial charge in [0.25, 0.3) is 0 Å². The van der Waals surface area contributed by atoms with Gasteiger partial charge in [-0.3, -0.25) is 25.2 Å². The summed E-state index contributed by atoms with van der Waals surface area (Å²) in [6, 6.07) is 13.9. The highest BCUT2D eigenvalue weighted by molar-refractivity contribution is 5.98. The summed E-state index contributed by atoms with van der Waals surface area (Å²) in [5.74, 6) is -0.271. The molecule has 1 amide bonds. The Morgan fingerprint density at radius 1 is 1.19 bits per heavy atom. The van der Waals surface area contributed by atoms with Crippen LogP contribution in [-0.4, -0.2) is 53.2 Å². The van der Waals surface area contributed by atoms with Crippen molar-refractivity contribution in [3.8, 4) is 0 Å². The van der Waals surface area contributed by atoms with Gasteiger partial charge in [0.1, 0.15) is 6.04 Å². The van der Waals surface area contributed by atoms with Gasteiger partial charge in [-0.2, -0.15) is 0 Å². The molecule has 5 rings (SSSR count). The topological polar surface area (TPSA) is 109 Å². The van der Waals surface area contributed by atoms with Crippen molar-refractivity contribution in [2.75, 3.05) is 41.9 Å². The van der Waals surface area contributed by atoms with E-state index >= 15 is 0 Å². The number of carbonyl (C=O) groups excluding carboxylic acids is 1. The Kier molecular flexibility index (Phi) is 6.92. The average Bonchev–Trinajstić information content (AvgIpc) is 2.93. The van der Waals surface area contributed by atoms with Crippen LogP contribution in [0.2, 0.25) is 0 Å². The fourth-order valence-electron chi connectivity index (χ4n) is 4.54. The molecule has 1 fully saturated rings. The number of pyridine rings is 2. The number of fused-ring (bicyclic) bond motifs is 1. The maximum atomic E-state index is 11.8. The van der Waals surface area contributed by atoms with Crippen molar-refractivity contribution in [3.05, 3.63) is 96.7 Å². The number of rotatable bonds is 7. The molecule has 2 atom stereocenters. The number of amides is 1. The number of nitrogens with zero attached hydrogens (tertiary/aromatic N) is 4. The molecular weight excluding hydrogens is 454 g/mol. The summed E-state index contributed by atoms with van der Waals surface area (Å²) in [5.41, 5.74) is 15.0. The maximum Gasteiger partial charge on any atom is 0.247 e. The molecule has 0 aliphatic carbocycles. The molecule has 4 heterocycles. The van der Waals surface area contributed by atoms with Gasteiger partial charge in [0.2, 0.25) is 5.91 Å². The smallest absolute Gasteiger partial charge is 0.247 e. The first-order valence-corrected chi connectivity index (χ1v) is 11.9. The SMILES string of the molecule is C=CC(=O)Nc1ccnc([C@@H]2c3ccncc3C=CN2Nc2ccc(N3CCOCC3CN)cc2)c1. The lowest BCUT2D eigenvalue weighted by Crippen LogP contribution is -2.49. The number of morpholine rings is 1. The maximum absolute atomic E-state index is 11.8.